The highest BCUT2D eigenvalue weighted by molar-refractivity contribution is 6.42. The number of halogens is 2. The molecule has 0 N–H and O–H groups in total. The van der Waals surface area contributed by atoms with Gasteiger partial charge in [-0.15, -0.1) is 0 Å². The molecule has 1 heterocycles. The van der Waals surface area contributed by atoms with Crippen LogP contribution in [0.2, 0.25) is 10.0 Å². The van der Waals surface area contributed by atoms with Crippen LogP contribution in [0.3, 0.4) is 0 Å². The van der Waals surface area contributed by atoms with Crippen LogP contribution in [0.15, 0.2) is 36.4 Å². The van der Waals surface area contributed by atoms with Crippen molar-refractivity contribution in [2.24, 2.45) is 0 Å². The van der Waals surface area contributed by atoms with Gasteiger partial charge in [-0.3, -0.25) is 4.79 Å². The second-order valence-electron chi connectivity index (χ2n) is 5.94. The van der Waals surface area contributed by atoms with Crippen LogP contribution >= 0.6 is 23.2 Å². The molecule has 0 aliphatic carbocycles. The maximum absolute atomic E-state index is 13.0. The van der Waals surface area contributed by atoms with Crippen molar-refractivity contribution in [2.75, 3.05) is 26.8 Å². The predicted octanol–water partition coefficient (Wildman–Crippen LogP) is 4.52. The maximum atomic E-state index is 13.0. The topological polar surface area (TPSA) is 38.8 Å². The first-order valence-corrected chi connectivity index (χ1v) is 8.76. The fourth-order valence-electron chi connectivity index (χ4n) is 3.01. The van der Waals surface area contributed by atoms with Gasteiger partial charge in [-0.05, 0) is 36.2 Å². The van der Waals surface area contributed by atoms with Crippen molar-refractivity contribution in [1.29, 1.82) is 0 Å². The lowest BCUT2D eigenvalue weighted by Crippen LogP contribution is -2.42. The number of carbonyl (C=O) groups excluding carboxylic acids is 1. The van der Waals surface area contributed by atoms with Crippen molar-refractivity contribution in [3.8, 4) is 5.75 Å². The number of benzene rings is 2. The Morgan fingerprint density at radius 3 is 2.76 bits per heavy atom. The molecular weight excluding hydrogens is 361 g/mol. The summed E-state index contributed by atoms with van der Waals surface area (Å²) in [4.78, 5) is 14.8. The third-order valence-electron chi connectivity index (χ3n) is 4.32. The third-order valence-corrected chi connectivity index (χ3v) is 5.05. The minimum absolute atomic E-state index is 0.0612. The minimum atomic E-state index is -0.233. The molecule has 1 fully saturated rings. The molecule has 1 aliphatic rings. The van der Waals surface area contributed by atoms with Crippen molar-refractivity contribution in [3.05, 3.63) is 63.1 Å². The van der Waals surface area contributed by atoms with Gasteiger partial charge >= 0.3 is 0 Å². The molecule has 3 rings (SSSR count). The highest BCUT2D eigenvalue weighted by Crippen LogP contribution is 2.30. The van der Waals surface area contributed by atoms with Crippen LogP contribution in [-0.4, -0.2) is 37.6 Å². The number of para-hydroxylation sites is 1. The molecule has 2 aromatic rings. The molecule has 0 bridgehead atoms. The Hall–Kier alpha value is -1.75. The average Bonchev–Trinajstić information content (AvgIpc) is 2.63. The molecule has 6 heteroatoms. The Balaban J connectivity index is 1.82. The van der Waals surface area contributed by atoms with Gasteiger partial charge in [0.25, 0.3) is 5.91 Å². The summed E-state index contributed by atoms with van der Waals surface area (Å²) in [5.74, 6) is 0.555. The molecule has 1 atom stereocenters. The third kappa shape index (κ3) is 3.76. The maximum Gasteiger partial charge on any atom is 0.257 e. The standard InChI is InChI=1S/C19H19Cl2NO3/c1-12-4-3-5-14(18(12)24-2)19(23)22-8-9-25-17(11-22)13-6-7-15(20)16(21)10-13/h3-7,10,17H,8-9,11H2,1-2H3/t17-/m0/s1. The van der Waals surface area contributed by atoms with Gasteiger partial charge in [0, 0.05) is 6.54 Å². The van der Waals surface area contributed by atoms with Gasteiger partial charge in [0.2, 0.25) is 0 Å². The summed E-state index contributed by atoms with van der Waals surface area (Å²) in [6.45, 7) is 3.37. The largest absolute Gasteiger partial charge is 0.496 e. The van der Waals surface area contributed by atoms with Crippen LogP contribution in [0.5, 0.6) is 5.75 Å². The van der Waals surface area contributed by atoms with Crippen LogP contribution in [0, 0.1) is 6.92 Å². The summed E-state index contributed by atoms with van der Waals surface area (Å²) in [6, 6.07) is 11.0. The Morgan fingerprint density at radius 1 is 1.24 bits per heavy atom. The van der Waals surface area contributed by atoms with Crippen LogP contribution in [0.25, 0.3) is 0 Å². The molecule has 0 saturated carbocycles. The van der Waals surface area contributed by atoms with Gasteiger partial charge < -0.3 is 14.4 Å². The molecule has 4 nitrogen and oxygen atoms in total. The van der Waals surface area contributed by atoms with Gasteiger partial charge in [-0.1, -0.05) is 41.4 Å². The Labute approximate surface area is 157 Å². The van der Waals surface area contributed by atoms with Crippen LogP contribution in [-0.2, 0) is 4.74 Å². The highest BCUT2D eigenvalue weighted by Gasteiger charge is 2.28. The molecule has 0 radical (unpaired) electrons. The Morgan fingerprint density at radius 2 is 2.04 bits per heavy atom. The zero-order valence-electron chi connectivity index (χ0n) is 14.1. The number of nitrogens with zero attached hydrogens (tertiary/aromatic N) is 1. The van der Waals surface area contributed by atoms with E-state index in [-0.39, 0.29) is 12.0 Å². The number of rotatable bonds is 3. The molecule has 1 aliphatic heterocycles. The average molecular weight is 380 g/mol. The predicted molar refractivity (Wildman–Crippen MR) is 98.8 cm³/mol. The molecule has 1 saturated heterocycles. The smallest absolute Gasteiger partial charge is 0.257 e. The van der Waals surface area contributed by atoms with Gasteiger partial charge in [0.1, 0.15) is 11.9 Å². The first-order valence-electron chi connectivity index (χ1n) is 8.00. The second kappa shape index (κ2) is 7.65. The summed E-state index contributed by atoms with van der Waals surface area (Å²) in [5.41, 5.74) is 2.41. The lowest BCUT2D eigenvalue weighted by Gasteiger charge is -2.33. The van der Waals surface area contributed by atoms with Crippen molar-refractivity contribution >= 4 is 29.1 Å². The van der Waals surface area contributed by atoms with Crippen molar-refractivity contribution in [2.45, 2.75) is 13.0 Å². The normalized spacial score (nSPS) is 17.4. The van der Waals surface area contributed by atoms with Crippen molar-refractivity contribution < 1.29 is 14.3 Å². The number of hydrogen-bond donors (Lipinski definition) is 0. The van der Waals surface area contributed by atoms with Crippen LogP contribution in [0.4, 0.5) is 0 Å². The molecule has 1 amide bonds. The van der Waals surface area contributed by atoms with E-state index in [2.05, 4.69) is 0 Å². The number of amides is 1. The molecule has 0 unspecified atom stereocenters. The SMILES string of the molecule is COc1c(C)cccc1C(=O)N1CCO[C@H](c2ccc(Cl)c(Cl)c2)C1. The Bertz CT molecular complexity index is 794. The van der Waals surface area contributed by atoms with Gasteiger partial charge in [0.15, 0.2) is 0 Å². The van der Waals surface area contributed by atoms with Crippen LogP contribution < -0.4 is 4.74 Å². The summed E-state index contributed by atoms with van der Waals surface area (Å²) in [6.07, 6.45) is -0.233. The number of hydrogen-bond acceptors (Lipinski definition) is 3. The molecule has 0 aromatic heterocycles. The first kappa shape index (κ1) is 18.1. The van der Waals surface area contributed by atoms with Gasteiger partial charge in [-0.2, -0.15) is 0 Å². The fourth-order valence-corrected chi connectivity index (χ4v) is 3.32. The van der Waals surface area contributed by atoms with E-state index >= 15 is 0 Å². The monoisotopic (exact) mass is 379 g/mol. The number of aryl methyl sites for hydroxylation is 1. The molecule has 0 spiro atoms. The number of methoxy groups -OCH3 is 1. The Kier molecular flexibility index (Phi) is 5.52. The van der Waals surface area contributed by atoms with Crippen molar-refractivity contribution in [1.82, 2.24) is 4.90 Å². The fraction of sp³-hybridized carbons (Fsp3) is 0.316. The summed E-state index contributed by atoms with van der Waals surface area (Å²) < 4.78 is 11.2. The lowest BCUT2D eigenvalue weighted by atomic mass is 10.1. The van der Waals surface area contributed by atoms with E-state index in [0.29, 0.717) is 41.1 Å². The molecule has 25 heavy (non-hydrogen) atoms. The first-order chi connectivity index (χ1) is 12.0. The van der Waals surface area contributed by atoms with E-state index in [9.17, 15) is 4.79 Å². The zero-order valence-corrected chi connectivity index (χ0v) is 15.6. The van der Waals surface area contributed by atoms with Crippen molar-refractivity contribution in [3.63, 3.8) is 0 Å². The number of ether oxygens (including phenoxy) is 2. The quantitative estimate of drug-likeness (QED) is 0.786. The van der Waals surface area contributed by atoms with E-state index in [4.69, 9.17) is 32.7 Å². The summed E-state index contributed by atoms with van der Waals surface area (Å²) in [5, 5.41) is 0.977. The van der Waals surface area contributed by atoms with E-state index in [1.807, 2.05) is 25.1 Å². The number of morpholine rings is 1. The second-order valence-corrected chi connectivity index (χ2v) is 6.75. The van der Waals surface area contributed by atoms with E-state index in [1.54, 1.807) is 30.2 Å². The summed E-state index contributed by atoms with van der Waals surface area (Å²) in [7, 11) is 1.58. The summed E-state index contributed by atoms with van der Waals surface area (Å²) >= 11 is 12.1. The highest BCUT2D eigenvalue weighted by atomic mass is 35.5. The van der Waals surface area contributed by atoms with E-state index in [1.165, 1.54) is 0 Å². The van der Waals surface area contributed by atoms with Gasteiger partial charge in [-0.25, -0.2) is 0 Å². The molecular formula is C19H19Cl2NO3. The van der Waals surface area contributed by atoms with Gasteiger partial charge in [0.05, 0.1) is 35.9 Å². The molecule has 132 valence electrons. The lowest BCUT2D eigenvalue weighted by molar-refractivity contribution is -0.0229. The van der Waals surface area contributed by atoms with E-state index < -0.39 is 0 Å². The zero-order chi connectivity index (χ0) is 18.0. The number of carbonyl (C=O) groups is 1. The molecule has 2 aromatic carbocycles. The van der Waals surface area contributed by atoms with Crippen LogP contribution in [0.1, 0.15) is 27.6 Å². The minimum Gasteiger partial charge on any atom is -0.496 e. The van der Waals surface area contributed by atoms with E-state index in [0.717, 1.165) is 11.1 Å².